The van der Waals surface area contributed by atoms with Crippen LogP contribution < -0.4 is 0 Å². The number of hydrogen-bond donors (Lipinski definition) is 0. The first kappa shape index (κ1) is 19.7. The van der Waals surface area contributed by atoms with Crippen molar-refractivity contribution in [2.24, 2.45) is 0 Å². The number of Topliss-reactive ketones (excluding diaryl/α,β-unsaturated/α-hetero) is 1. The molecule has 154 valence electrons. The molecule has 0 aliphatic rings. The van der Waals surface area contributed by atoms with Crippen molar-refractivity contribution in [2.45, 2.75) is 33.1 Å². The summed E-state index contributed by atoms with van der Waals surface area (Å²) in [4.78, 5) is 28.5. The van der Waals surface area contributed by atoms with Crippen molar-refractivity contribution in [1.82, 2.24) is 29.1 Å². The third kappa shape index (κ3) is 3.56. The number of aryl methyl sites for hydroxylation is 1. The molecule has 0 aliphatic heterocycles. The van der Waals surface area contributed by atoms with E-state index in [1.54, 1.807) is 16.8 Å². The zero-order chi connectivity index (χ0) is 21.5. The van der Waals surface area contributed by atoms with Crippen LogP contribution in [0.3, 0.4) is 0 Å². The minimum absolute atomic E-state index is 0.107. The van der Waals surface area contributed by atoms with Gasteiger partial charge in [-0.05, 0) is 32.0 Å². The van der Waals surface area contributed by atoms with Gasteiger partial charge in [-0.15, -0.1) is 0 Å². The van der Waals surface area contributed by atoms with Gasteiger partial charge in [0.2, 0.25) is 0 Å². The number of hydrogen-bond acceptors (Lipinski definition) is 5. The average molecular weight is 414 g/mol. The molecule has 0 radical (unpaired) electrons. The molecule has 0 amide bonds. The lowest BCUT2D eigenvalue weighted by molar-refractivity contribution is -0.141. The Morgan fingerprint density at radius 3 is 2.67 bits per heavy atom. The summed E-state index contributed by atoms with van der Waals surface area (Å²) in [5.41, 5.74) is 0.823. The predicted molar refractivity (Wildman–Crippen MR) is 103 cm³/mol. The maximum absolute atomic E-state index is 13.0. The first-order valence-corrected chi connectivity index (χ1v) is 9.19. The van der Waals surface area contributed by atoms with Crippen LogP contribution in [0.4, 0.5) is 13.2 Å². The third-order valence-electron chi connectivity index (χ3n) is 4.68. The number of carbonyl (C=O) groups is 1. The fraction of sp³-hybridized carbons (Fsp3) is 0.250. The standard InChI is InChI=1S/C20H17F3N6O/c1-3-29-17(27-15-9-13(12(2)30)10-25-19(15)29)11-28-8-7-24-18(28)14-5-4-6-16(26-14)20(21,22)23/h4-10H,3,11H2,1-2H3. The van der Waals surface area contributed by atoms with E-state index in [0.29, 0.717) is 34.9 Å². The molecule has 0 aromatic carbocycles. The fourth-order valence-corrected chi connectivity index (χ4v) is 3.24. The minimum Gasteiger partial charge on any atom is -0.322 e. The van der Waals surface area contributed by atoms with Crippen LogP contribution in [-0.4, -0.2) is 34.9 Å². The maximum Gasteiger partial charge on any atom is 0.433 e. The lowest BCUT2D eigenvalue weighted by Crippen LogP contribution is -2.11. The highest BCUT2D eigenvalue weighted by molar-refractivity contribution is 5.96. The summed E-state index contributed by atoms with van der Waals surface area (Å²) in [6.45, 7) is 4.24. The summed E-state index contributed by atoms with van der Waals surface area (Å²) in [6.07, 6.45) is 0.133. The van der Waals surface area contributed by atoms with Crippen molar-refractivity contribution in [3.8, 4) is 11.5 Å². The van der Waals surface area contributed by atoms with Crippen molar-refractivity contribution in [1.29, 1.82) is 0 Å². The van der Waals surface area contributed by atoms with Gasteiger partial charge in [0.1, 0.15) is 22.7 Å². The van der Waals surface area contributed by atoms with E-state index < -0.39 is 11.9 Å². The van der Waals surface area contributed by atoms with E-state index >= 15 is 0 Å². The SMILES string of the molecule is CCn1c(Cn2ccnc2-c2cccc(C(F)(F)F)n2)nc2cc(C(C)=O)cnc21. The van der Waals surface area contributed by atoms with Gasteiger partial charge >= 0.3 is 6.18 Å². The molecule has 0 saturated heterocycles. The highest BCUT2D eigenvalue weighted by atomic mass is 19.4. The Morgan fingerprint density at radius 2 is 1.97 bits per heavy atom. The Hall–Kier alpha value is -3.56. The molecule has 30 heavy (non-hydrogen) atoms. The first-order valence-electron chi connectivity index (χ1n) is 9.19. The van der Waals surface area contributed by atoms with E-state index in [-0.39, 0.29) is 18.0 Å². The Labute approximate surface area is 169 Å². The number of pyridine rings is 2. The van der Waals surface area contributed by atoms with Gasteiger partial charge in [-0.3, -0.25) is 4.79 Å². The lowest BCUT2D eigenvalue weighted by Gasteiger charge is -2.11. The molecule has 0 unspecified atom stereocenters. The second kappa shape index (κ2) is 7.36. The third-order valence-corrected chi connectivity index (χ3v) is 4.68. The van der Waals surface area contributed by atoms with Gasteiger partial charge in [0.15, 0.2) is 17.3 Å². The molecular formula is C20H17F3N6O. The van der Waals surface area contributed by atoms with E-state index in [4.69, 9.17) is 0 Å². The monoisotopic (exact) mass is 414 g/mol. The summed E-state index contributed by atoms with van der Waals surface area (Å²) in [5.74, 6) is 0.838. The van der Waals surface area contributed by atoms with Crippen LogP contribution in [0.5, 0.6) is 0 Å². The number of ketones is 1. The Morgan fingerprint density at radius 1 is 1.17 bits per heavy atom. The van der Waals surface area contributed by atoms with Gasteiger partial charge in [-0.2, -0.15) is 13.2 Å². The minimum atomic E-state index is -4.54. The molecule has 4 aromatic heterocycles. The van der Waals surface area contributed by atoms with Crippen LogP contribution in [-0.2, 0) is 19.3 Å². The molecule has 0 N–H and O–H groups in total. The molecule has 0 fully saturated rings. The number of aromatic nitrogens is 6. The second-order valence-electron chi connectivity index (χ2n) is 6.68. The van der Waals surface area contributed by atoms with E-state index in [9.17, 15) is 18.0 Å². The number of carbonyl (C=O) groups excluding carboxylic acids is 1. The van der Waals surface area contributed by atoms with Gasteiger partial charge in [0.25, 0.3) is 0 Å². The summed E-state index contributed by atoms with van der Waals surface area (Å²) in [7, 11) is 0. The predicted octanol–water partition coefficient (Wildman–Crippen LogP) is 3.98. The normalized spacial score (nSPS) is 11.9. The van der Waals surface area contributed by atoms with Crippen LogP contribution >= 0.6 is 0 Å². The summed E-state index contributed by atoms with van der Waals surface area (Å²) in [6, 6.07) is 5.39. The van der Waals surface area contributed by atoms with Gasteiger partial charge < -0.3 is 9.13 Å². The Kier molecular flexibility index (Phi) is 4.84. The lowest BCUT2D eigenvalue weighted by atomic mass is 10.2. The number of nitrogens with zero attached hydrogens (tertiary/aromatic N) is 6. The number of halogens is 3. The van der Waals surface area contributed by atoms with Crippen LogP contribution in [0.25, 0.3) is 22.7 Å². The van der Waals surface area contributed by atoms with Crippen LogP contribution in [0.15, 0.2) is 42.9 Å². The number of imidazole rings is 2. The summed E-state index contributed by atoms with van der Waals surface area (Å²) >= 11 is 0. The maximum atomic E-state index is 13.0. The van der Waals surface area contributed by atoms with Crippen LogP contribution in [0.2, 0.25) is 0 Å². The summed E-state index contributed by atoms with van der Waals surface area (Å²) < 4.78 is 42.7. The van der Waals surface area contributed by atoms with Gasteiger partial charge in [-0.1, -0.05) is 6.07 Å². The average Bonchev–Trinajstić information content (AvgIpc) is 3.30. The topological polar surface area (TPSA) is 78.5 Å². The molecule has 0 bridgehead atoms. The molecule has 4 rings (SSSR count). The smallest absolute Gasteiger partial charge is 0.322 e. The summed E-state index contributed by atoms with van der Waals surface area (Å²) in [5, 5.41) is 0. The van der Waals surface area contributed by atoms with Crippen molar-refractivity contribution in [3.05, 3.63) is 59.9 Å². The molecule has 4 heterocycles. The zero-order valence-corrected chi connectivity index (χ0v) is 16.2. The Balaban J connectivity index is 1.74. The van der Waals surface area contributed by atoms with Crippen LogP contribution in [0.1, 0.15) is 35.7 Å². The largest absolute Gasteiger partial charge is 0.433 e. The molecule has 0 saturated carbocycles. The quantitative estimate of drug-likeness (QED) is 0.462. The first-order chi connectivity index (χ1) is 14.3. The molecular weight excluding hydrogens is 397 g/mol. The van der Waals surface area contributed by atoms with E-state index in [1.165, 1.54) is 31.5 Å². The van der Waals surface area contributed by atoms with Crippen molar-refractivity contribution in [2.75, 3.05) is 0 Å². The molecule has 0 atom stereocenters. The fourth-order valence-electron chi connectivity index (χ4n) is 3.24. The molecule has 0 spiro atoms. The van der Waals surface area contributed by atoms with Gasteiger partial charge in [-0.25, -0.2) is 19.9 Å². The highest BCUT2D eigenvalue weighted by Crippen LogP contribution is 2.29. The van der Waals surface area contributed by atoms with Gasteiger partial charge in [0.05, 0.1) is 6.54 Å². The molecule has 7 nitrogen and oxygen atoms in total. The van der Waals surface area contributed by atoms with Gasteiger partial charge in [0, 0.05) is 30.7 Å². The van der Waals surface area contributed by atoms with Crippen molar-refractivity contribution >= 4 is 16.9 Å². The highest BCUT2D eigenvalue weighted by Gasteiger charge is 2.32. The molecule has 10 heteroatoms. The van der Waals surface area contributed by atoms with Crippen molar-refractivity contribution in [3.63, 3.8) is 0 Å². The molecule has 4 aromatic rings. The van der Waals surface area contributed by atoms with E-state index in [2.05, 4.69) is 19.9 Å². The number of alkyl halides is 3. The van der Waals surface area contributed by atoms with E-state index in [1.807, 2.05) is 11.5 Å². The van der Waals surface area contributed by atoms with Crippen LogP contribution in [0, 0.1) is 0 Å². The van der Waals surface area contributed by atoms with E-state index in [0.717, 1.165) is 6.07 Å². The zero-order valence-electron chi connectivity index (χ0n) is 16.2. The second-order valence-corrected chi connectivity index (χ2v) is 6.68. The Bertz CT molecular complexity index is 1240. The number of fused-ring (bicyclic) bond motifs is 1. The number of rotatable bonds is 5. The van der Waals surface area contributed by atoms with Crippen molar-refractivity contribution < 1.29 is 18.0 Å². The molecule has 0 aliphatic carbocycles.